The van der Waals surface area contributed by atoms with Crippen LogP contribution in [0.1, 0.15) is 16.1 Å². The summed E-state index contributed by atoms with van der Waals surface area (Å²) in [6.45, 7) is 1.77. The van der Waals surface area contributed by atoms with Gasteiger partial charge in [-0.05, 0) is 6.92 Å². The normalized spacial score (nSPS) is 10.4. The molecule has 0 aliphatic rings. The van der Waals surface area contributed by atoms with E-state index in [1.165, 1.54) is 20.3 Å². The SMILES string of the molecule is COc1cc(Cl)c(-c2cc(C(=O)O)no2)c(C)c1OC. The van der Waals surface area contributed by atoms with E-state index in [2.05, 4.69) is 5.16 Å². The number of carboxylic acid groups (broad SMARTS) is 1. The zero-order valence-corrected chi connectivity index (χ0v) is 11.8. The van der Waals surface area contributed by atoms with Crippen LogP contribution < -0.4 is 9.47 Å². The van der Waals surface area contributed by atoms with E-state index in [0.29, 0.717) is 27.6 Å². The first-order chi connectivity index (χ1) is 9.49. The second-order valence-electron chi connectivity index (χ2n) is 3.98. The van der Waals surface area contributed by atoms with Crippen molar-refractivity contribution in [3.63, 3.8) is 0 Å². The van der Waals surface area contributed by atoms with Crippen LogP contribution in [0.25, 0.3) is 11.3 Å². The quantitative estimate of drug-likeness (QED) is 0.934. The fourth-order valence-corrected chi connectivity index (χ4v) is 2.27. The molecule has 106 valence electrons. The van der Waals surface area contributed by atoms with E-state index in [4.69, 9.17) is 30.7 Å². The van der Waals surface area contributed by atoms with Crippen molar-refractivity contribution in [1.29, 1.82) is 0 Å². The smallest absolute Gasteiger partial charge is 0.358 e. The minimum atomic E-state index is -1.17. The van der Waals surface area contributed by atoms with Crippen LogP contribution in [0.15, 0.2) is 16.7 Å². The maximum atomic E-state index is 10.8. The van der Waals surface area contributed by atoms with Gasteiger partial charge < -0.3 is 19.1 Å². The van der Waals surface area contributed by atoms with E-state index in [0.717, 1.165) is 0 Å². The molecule has 0 saturated heterocycles. The van der Waals surface area contributed by atoms with Crippen molar-refractivity contribution in [2.45, 2.75) is 6.92 Å². The Hall–Kier alpha value is -2.21. The molecule has 20 heavy (non-hydrogen) atoms. The molecule has 0 bridgehead atoms. The van der Waals surface area contributed by atoms with Gasteiger partial charge in [0.1, 0.15) is 0 Å². The summed E-state index contributed by atoms with van der Waals surface area (Å²) in [7, 11) is 3.01. The highest BCUT2D eigenvalue weighted by Gasteiger charge is 2.21. The summed E-state index contributed by atoms with van der Waals surface area (Å²) in [5, 5.41) is 12.7. The van der Waals surface area contributed by atoms with Crippen LogP contribution in [0.4, 0.5) is 0 Å². The summed E-state index contributed by atoms with van der Waals surface area (Å²) in [5.74, 6) is 0.0667. The molecule has 0 atom stereocenters. The number of nitrogens with zero attached hydrogens (tertiary/aromatic N) is 1. The van der Waals surface area contributed by atoms with Gasteiger partial charge in [0.15, 0.2) is 23.0 Å². The molecule has 1 heterocycles. The van der Waals surface area contributed by atoms with Crippen molar-refractivity contribution < 1.29 is 23.9 Å². The third-order valence-corrected chi connectivity index (χ3v) is 3.13. The Morgan fingerprint density at radius 1 is 1.35 bits per heavy atom. The predicted octanol–water partition coefficient (Wildman–Crippen LogP) is 3.02. The molecule has 2 rings (SSSR count). The van der Waals surface area contributed by atoms with Crippen molar-refractivity contribution in [3.8, 4) is 22.8 Å². The number of methoxy groups -OCH3 is 2. The zero-order chi connectivity index (χ0) is 14.9. The molecule has 0 fully saturated rings. The van der Waals surface area contributed by atoms with Gasteiger partial charge >= 0.3 is 5.97 Å². The molecule has 0 saturated carbocycles. The van der Waals surface area contributed by atoms with E-state index in [-0.39, 0.29) is 11.5 Å². The summed E-state index contributed by atoms with van der Waals surface area (Å²) < 4.78 is 15.5. The molecule has 1 N–H and O–H groups in total. The first kappa shape index (κ1) is 14.2. The standard InChI is InChI=1S/C13H12ClNO5/c1-6-11(9-5-8(13(16)17)15-20-9)7(14)4-10(18-2)12(6)19-3/h4-5H,1-3H3,(H,16,17). The highest BCUT2D eigenvalue weighted by Crippen LogP contribution is 2.42. The molecule has 0 spiro atoms. The Bertz CT molecular complexity index is 665. The molecular formula is C13H12ClNO5. The summed E-state index contributed by atoms with van der Waals surface area (Å²) in [6, 6.07) is 2.88. The predicted molar refractivity (Wildman–Crippen MR) is 71.7 cm³/mol. The van der Waals surface area contributed by atoms with Crippen molar-refractivity contribution in [2.24, 2.45) is 0 Å². The summed E-state index contributed by atoms with van der Waals surface area (Å²) in [4.78, 5) is 10.8. The second kappa shape index (κ2) is 5.42. The number of carbonyl (C=O) groups is 1. The van der Waals surface area contributed by atoms with Crippen molar-refractivity contribution >= 4 is 17.6 Å². The lowest BCUT2D eigenvalue weighted by molar-refractivity contribution is 0.0686. The van der Waals surface area contributed by atoms with Gasteiger partial charge in [-0.1, -0.05) is 16.8 Å². The van der Waals surface area contributed by atoms with Crippen LogP contribution >= 0.6 is 11.6 Å². The number of benzene rings is 1. The highest BCUT2D eigenvalue weighted by atomic mass is 35.5. The molecule has 0 unspecified atom stereocenters. The van der Waals surface area contributed by atoms with Gasteiger partial charge in [-0.3, -0.25) is 0 Å². The number of ether oxygens (including phenoxy) is 2. The van der Waals surface area contributed by atoms with Gasteiger partial charge in [-0.2, -0.15) is 0 Å². The van der Waals surface area contributed by atoms with Crippen LogP contribution in [0, 0.1) is 6.92 Å². The number of aromatic carboxylic acids is 1. The van der Waals surface area contributed by atoms with E-state index in [1.807, 2.05) is 0 Å². The molecule has 0 radical (unpaired) electrons. The van der Waals surface area contributed by atoms with Crippen LogP contribution in [-0.4, -0.2) is 30.5 Å². The van der Waals surface area contributed by atoms with Gasteiger partial charge in [-0.25, -0.2) is 4.79 Å². The summed E-state index contributed by atoms with van der Waals surface area (Å²) in [5.41, 5.74) is 1.000. The Morgan fingerprint density at radius 3 is 2.55 bits per heavy atom. The third kappa shape index (κ3) is 2.30. The maximum Gasteiger partial charge on any atom is 0.358 e. The molecule has 7 heteroatoms. The first-order valence-electron chi connectivity index (χ1n) is 5.61. The third-order valence-electron chi connectivity index (χ3n) is 2.84. The lowest BCUT2D eigenvalue weighted by Crippen LogP contribution is -1.96. The molecule has 0 aliphatic carbocycles. The number of carboxylic acids is 1. The number of hydrogen-bond donors (Lipinski definition) is 1. The largest absolute Gasteiger partial charge is 0.493 e. The average molecular weight is 298 g/mol. The highest BCUT2D eigenvalue weighted by molar-refractivity contribution is 6.33. The van der Waals surface area contributed by atoms with E-state index < -0.39 is 5.97 Å². The van der Waals surface area contributed by atoms with E-state index in [1.54, 1.807) is 13.0 Å². The summed E-state index contributed by atoms with van der Waals surface area (Å²) >= 11 is 6.19. The monoisotopic (exact) mass is 297 g/mol. The average Bonchev–Trinajstić information content (AvgIpc) is 2.87. The second-order valence-corrected chi connectivity index (χ2v) is 4.38. The van der Waals surface area contributed by atoms with Gasteiger partial charge in [0.25, 0.3) is 0 Å². The van der Waals surface area contributed by atoms with Crippen molar-refractivity contribution in [1.82, 2.24) is 5.16 Å². The Balaban J connectivity index is 2.64. The fourth-order valence-electron chi connectivity index (χ4n) is 1.93. The molecule has 2 aromatic rings. The fraction of sp³-hybridized carbons (Fsp3) is 0.231. The molecule has 6 nitrogen and oxygen atoms in total. The van der Waals surface area contributed by atoms with Gasteiger partial charge in [0, 0.05) is 23.3 Å². The topological polar surface area (TPSA) is 81.8 Å². The Labute approximate surface area is 119 Å². The van der Waals surface area contributed by atoms with Gasteiger partial charge in [-0.15, -0.1) is 0 Å². The molecule has 0 aliphatic heterocycles. The van der Waals surface area contributed by atoms with Crippen LogP contribution in [0.2, 0.25) is 5.02 Å². The summed E-state index contributed by atoms with van der Waals surface area (Å²) in [6.07, 6.45) is 0. The maximum absolute atomic E-state index is 10.8. The Morgan fingerprint density at radius 2 is 2.05 bits per heavy atom. The first-order valence-corrected chi connectivity index (χ1v) is 5.98. The van der Waals surface area contributed by atoms with Gasteiger partial charge in [0.05, 0.1) is 19.2 Å². The van der Waals surface area contributed by atoms with Gasteiger partial charge in [0.2, 0.25) is 0 Å². The molecule has 0 amide bonds. The Kier molecular flexibility index (Phi) is 3.85. The molecule has 1 aromatic carbocycles. The number of aromatic nitrogens is 1. The molecule has 1 aromatic heterocycles. The van der Waals surface area contributed by atoms with Crippen molar-refractivity contribution in [2.75, 3.05) is 14.2 Å². The van der Waals surface area contributed by atoms with Crippen LogP contribution in [0.5, 0.6) is 11.5 Å². The minimum absolute atomic E-state index is 0.190. The number of hydrogen-bond acceptors (Lipinski definition) is 5. The van der Waals surface area contributed by atoms with Crippen molar-refractivity contribution in [3.05, 3.63) is 28.4 Å². The van der Waals surface area contributed by atoms with Crippen LogP contribution in [0.3, 0.4) is 0 Å². The van der Waals surface area contributed by atoms with Crippen LogP contribution in [-0.2, 0) is 0 Å². The number of rotatable bonds is 4. The van der Waals surface area contributed by atoms with E-state index in [9.17, 15) is 4.79 Å². The zero-order valence-electron chi connectivity index (χ0n) is 11.1. The molecular weight excluding hydrogens is 286 g/mol. The lowest BCUT2D eigenvalue weighted by Gasteiger charge is -2.14. The van der Waals surface area contributed by atoms with E-state index >= 15 is 0 Å². The lowest BCUT2D eigenvalue weighted by atomic mass is 10.0. The number of halogens is 1. The minimum Gasteiger partial charge on any atom is -0.493 e.